The number of phenolic OH excluding ortho intramolecular Hbond substituents is 4. The van der Waals surface area contributed by atoms with Crippen LogP contribution in [0.3, 0.4) is 0 Å². The van der Waals surface area contributed by atoms with Crippen LogP contribution in [0.15, 0.2) is 39.5 Å². The van der Waals surface area contributed by atoms with Crippen LogP contribution >= 0.6 is 0 Å². The van der Waals surface area contributed by atoms with Gasteiger partial charge in [-0.3, -0.25) is 9.59 Å². The van der Waals surface area contributed by atoms with Gasteiger partial charge in [0.2, 0.25) is 11.2 Å². The molecule has 200 valence electrons. The van der Waals surface area contributed by atoms with Crippen LogP contribution in [0, 0.1) is 0 Å². The maximum absolute atomic E-state index is 12.1. The first-order chi connectivity index (χ1) is 17.4. The number of hydrogen-bond acceptors (Lipinski definition) is 13. The van der Waals surface area contributed by atoms with Gasteiger partial charge in [0.15, 0.2) is 17.3 Å². The fourth-order valence-electron chi connectivity index (χ4n) is 3.01. The summed E-state index contributed by atoms with van der Waals surface area (Å²) in [6, 6.07) is 4.72. The molecule has 1 heterocycles. The van der Waals surface area contributed by atoms with Crippen molar-refractivity contribution in [2.75, 3.05) is 6.54 Å². The van der Waals surface area contributed by atoms with E-state index in [0.29, 0.717) is 19.4 Å². The van der Waals surface area contributed by atoms with Crippen LogP contribution in [0.4, 0.5) is 0 Å². The van der Waals surface area contributed by atoms with Crippen LogP contribution < -0.4 is 16.9 Å². The first kappa shape index (κ1) is 28.7. The predicted octanol–water partition coefficient (Wildman–Crippen LogP) is 0.377. The second-order valence-corrected chi connectivity index (χ2v) is 7.67. The largest absolute Gasteiger partial charge is 0.508 e. The number of esters is 1. The topological polar surface area (TPSA) is 267 Å². The highest BCUT2D eigenvalue weighted by molar-refractivity contribution is 5.88. The van der Waals surface area contributed by atoms with Gasteiger partial charge in [-0.15, -0.1) is 0 Å². The van der Waals surface area contributed by atoms with Gasteiger partial charge in [0.25, 0.3) is 6.29 Å². The van der Waals surface area contributed by atoms with Crippen molar-refractivity contribution in [3.63, 3.8) is 0 Å². The summed E-state index contributed by atoms with van der Waals surface area (Å²) in [5.41, 5.74) is 9.73. The number of benzene rings is 2. The molecule has 0 aliphatic heterocycles. The van der Waals surface area contributed by atoms with Crippen molar-refractivity contribution in [1.82, 2.24) is 0 Å². The molecule has 0 amide bonds. The Bertz CT molecular complexity index is 1340. The van der Waals surface area contributed by atoms with Gasteiger partial charge in [-0.2, -0.15) is 0 Å². The van der Waals surface area contributed by atoms with Crippen LogP contribution in [0.1, 0.15) is 19.3 Å². The molecule has 2 atom stereocenters. The van der Waals surface area contributed by atoms with E-state index in [1.165, 1.54) is 6.07 Å². The first-order valence-electron chi connectivity index (χ1n) is 10.7. The molecule has 0 spiro atoms. The highest BCUT2D eigenvalue weighted by atomic mass is 16.7. The third-order valence-electron chi connectivity index (χ3n) is 4.88. The molecule has 3 rings (SSSR count). The van der Waals surface area contributed by atoms with E-state index in [0.717, 1.165) is 30.7 Å². The lowest BCUT2D eigenvalue weighted by atomic mass is 10.1. The molecule has 0 radical (unpaired) electrons. The number of ether oxygens (including phenoxy) is 1. The Kier molecular flexibility index (Phi) is 9.65. The zero-order valence-electron chi connectivity index (χ0n) is 19.2. The van der Waals surface area contributed by atoms with Crippen molar-refractivity contribution in [2.24, 2.45) is 11.5 Å². The van der Waals surface area contributed by atoms with Gasteiger partial charge in [-0.1, -0.05) is 6.42 Å². The number of phenols is 4. The van der Waals surface area contributed by atoms with E-state index in [4.69, 9.17) is 26.1 Å². The van der Waals surface area contributed by atoms with Crippen molar-refractivity contribution >= 4 is 22.9 Å². The van der Waals surface area contributed by atoms with Gasteiger partial charge >= 0.3 is 11.9 Å². The summed E-state index contributed by atoms with van der Waals surface area (Å²) in [5, 5.41) is 64.6. The second-order valence-electron chi connectivity index (χ2n) is 7.67. The average Bonchev–Trinajstić information content (AvgIpc) is 2.83. The summed E-state index contributed by atoms with van der Waals surface area (Å²) in [7, 11) is 0. The fraction of sp³-hybridized carbons (Fsp3) is 0.261. The zero-order chi connectivity index (χ0) is 27.9. The molecule has 14 nitrogen and oxygen atoms in total. The summed E-state index contributed by atoms with van der Waals surface area (Å²) in [6.07, 6.45) is -0.432. The Balaban J connectivity index is 0.000000283. The quantitative estimate of drug-likeness (QED) is 0.0837. The Labute approximate surface area is 208 Å². The van der Waals surface area contributed by atoms with Crippen molar-refractivity contribution in [3.8, 4) is 40.1 Å². The minimum absolute atomic E-state index is 0.134. The van der Waals surface area contributed by atoms with Crippen molar-refractivity contribution in [1.29, 1.82) is 0 Å². The van der Waals surface area contributed by atoms with Crippen LogP contribution in [-0.4, -0.2) is 66.6 Å². The molecule has 0 aliphatic rings. The van der Waals surface area contributed by atoms with Crippen LogP contribution in [0.25, 0.3) is 22.3 Å². The molecule has 0 saturated carbocycles. The number of carbonyl (C=O) groups is 2. The van der Waals surface area contributed by atoms with Crippen molar-refractivity contribution in [2.45, 2.75) is 31.6 Å². The highest BCUT2D eigenvalue weighted by Gasteiger charge is 2.23. The molecule has 1 aromatic heterocycles. The lowest BCUT2D eigenvalue weighted by Crippen LogP contribution is -2.37. The third-order valence-corrected chi connectivity index (χ3v) is 4.88. The molecule has 37 heavy (non-hydrogen) atoms. The summed E-state index contributed by atoms with van der Waals surface area (Å²) in [5.74, 6) is -5.27. The number of carboxylic acid groups (broad SMARTS) is 1. The Morgan fingerprint density at radius 2 is 1.65 bits per heavy atom. The molecule has 0 aliphatic carbocycles. The molecule has 0 saturated heterocycles. The molecular formula is C23H26N2O12. The number of nitrogens with two attached hydrogens (primary N) is 2. The zero-order valence-corrected chi connectivity index (χ0v) is 19.2. The van der Waals surface area contributed by atoms with Gasteiger partial charge < -0.3 is 56.4 Å². The van der Waals surface area contributed by atoms with E-state index in [-0.39, 0.29) is 33.8 Å². The number of rotatable bonds is 8. The van der Waals surface area contributed by atoms with E-state index >= 15 is 0 Å². The van der Waals surface area contributed by atoms with Gasteiger partial charge in [-0.05, 0) is 37.6 Å². The first-order valence-corrected chi connectivity index (χ1v) is 10.7. The van der Waals surface area contributed by atoms with Crippen molar-refractivity contribution in [3.05, 3.63) is 40.6 Å². The third kappa shape index (κ3) is 7.23. The maximum Gasteiger partial charge on any atom is 0.373 e. The van der Waals surface area contributed by atoms with Gasteiger partial charge in [0, 0.05) is 17.7 Å². The van der Waals surface area contributed by atoms with Crippen LogP contribution in [0.2, 0.25) is 0 Å². The number of aliphatic hydroxyl groups excluding tert-OH is 1. The summed E-state index contributed by atoms with van der Waals surface area (Å²) in [6.45, 7) is 0.500. The summed E-state index contributed by atoms with van der Waals surface area (Å²) < 4.78 is 9.52. The minimum atomic E-state index is -2.15. The molecule has 11 N–H and O–H groups in total. The van der Waals surface area contributed by atoms with E-state index < -0.39 is 46.9 Å². The molecule has 3 aromatic rings. The number of hydrogen-bond donors (Lipinski definition) is 9. The Morgan fingerprint density at radius 3 is 2.24 bits per heavy atom. The smallest absolute Gasteiger partial charge is 0.373 e. The lowest BCUT2D eigenvalue weighted by molar-refractivity contribution is -0.187. The predicted molar refractivity (Wildman–Crippen MR) is 127 cm³/mol. The lowest BCUT2D eigenvalue weighted by Gasteiger charge is -2.12. The van der Waals surface area contributed by atoms with E-state index in [9.17, 15) is 39.9 Å². The van der Waals surface area contributed by atoms with E-state index in [1.54, 1.807) is 0 Å². The minimum Gasteiger partial charge on any atom is -0.508 e. The second kappa shape index (κ2) is 12.4. The molecule has 1 unspecified atom stereocenters. The standard InChI is InChI=1S/C15H10O7.C8H16N2O5/c16-7-4-10(19)12-11(5-7)22-15(14(21)13(12)20)6-1-2-8(17)9(18)3-6;9-4-2-1-3-5(10)7(13)15-8(14)6(11)12/h1-5,16-19,21H;5,8,14H,1-4,9-10H2,(H,11,12)/t;5-,8?/m.0/s1. The SMILES string of the molecule is NCCCC[C@H](N)C(=O)OC(O)C(=O)O.O=c1c(O)c(-c2ccc(O)c(O)c2)oc2cc(O)cc(O)c12. The Hall–Kier alpha value is -4.53. The molecular weight excluding hydrogens is 496 g/mol. The average molecular weight is 522 g/mol. The number of unbranched alkanes of at least 4 members (excludes halogenated alkanes) is 1. The number of aliphatic carboxylic acids is 1. The van der Waals surface area contributed by atoms with Gasteiger partial charge in [0.05, 0.1) is 0 Å². The molecule has 0 bridgehead atoms. The normalized spacial score (nSPS) is 12.3. The fourth-order valence-corrected chi connectivity index (χ4v) is 3.01. The van der Waals surface area contributed by atoms with Gasteiger partial charge in [-0.25, -0.2) is 4.79 Å². The number of aromatic hydroxyl groups is 5. The van der Waals surface area contributed by atoms with E-state index in [1.807, 2.05) is 0 Å². The van der Waals surface area contributed by atoms with Crippen LogP contribution in [-0.2, 0) is 14.3 Å². The Morgan fingerprint density at radius 1 is 0.973 bits per heavy atom. The number of carbonyl (C=O) groups excluding carboxylic acids is 1. The van der Waals surface area contributed by atoms with Crippen LogP contribution in [0.5, 0.6) is 28.7 Å². The van der Waals surface area contributed by atoms with E-state index in [2.05, 4.69) is 4.74 Å². The monoisotopic (exact) mass is 522 g/mol. The number of aliphatic hydroxyl groups is 1. The molecule has 2 aromatic carbocycles. The number of carboxylic acids is 1. The number of fused-ring (bicyclic) bond motifs is 1. The summed E-state index contributed by atoms with van der Waals surface area (Å²) >= 11 is 0. The highest BCUT2D eigenvalue weighted by Crippen LogP contribution is 2.37. The van der Waals surface area contributed by atoms with Gasteiger partial charge in [0.1, 0.15) is 28.5 Å². The molecule has 0 fully saturated rings. The maximum atomic E-state index is 12.1. The summed E-state index contributed by atoms with van der Waals surface area (Å²) in [4.78, 5) is 33.3. The van der Waals surface area contributed by atoms with Crippen molar-refractivity contribution < 1.29 is 54.5 Å². The molecule has 14 heteroatoms.